The molecule has 0 amide bonds. The molecule has 0 radical (unpaired) electrons. The van der Waals surface area contributed by atoms with E-state index in [1.807, 2.05) is 6.07 Å². The van der Waals surface area contributed by atoms with Gasteiger partial charge in [-0.1, -0.05) is 24.3 Å². The van der Waals surface area contributed by atoms with Crippen molar-refractivity contribution in [2.24, 2.45) is 0 Å². The first kappa shape index (κ1) is 12.2. The molecular formula is C15H21NO2. The van der Waals surface area contributed by atoms with Crippen molar-refractivity contribution < 1.29 is 9.84 Å². The molecule has 1 N–H and O–H groups in total. The highest BCUT2D eigenvalue weighted by atomic mass is 16.5. The van der Waals surface area contributed by atoms with Gasteiger partial charge in [0.05, 0.1) is 12.2 Å². The van der Waals surface area contributed by atoms with Gasteiger partial charge in [-0.25, -0.2) is 0 Å². The van der Waals surface area contributed by atoms with Crippen LogP contribution in [0.5, 0.6) is 0 Å². The van der Waals surface area contributed by atoms with Crippen LogP contribution in [0, 0.1) is 0 Å². The SMILES string of the molecule is COC1CCN(C2Cc3ccccc3C2O)CC1. The summed E-state index contributed by atoms with van der Waals surface area (Å²) in [5.41, 5.74) is 2.43. The van der Waals surface area contributed by atoms with E-state index in [9.17, 15) is 5.11 Å². The minimum Gasteiger partial charge on any atom is -0.387 e. The highest BCUT2D eigenvalue weighted by Gasteiger charge is 2.36. The summed E-state index contributed by atoms with van der Waals surface area (Å²) in [6.07, 6.45) is 3.23. The van der Waals surface area contributed by atoms with Gasteiger partial charge < -0.3 is 9.84 Å². The van der Waals surface area contributed by atoms with Crippen molar-refractivity contribution in [2.45, 2.75) is 37.5 Å². The Labute approximate surface area is 108 Å². The third-order valence-corrected chi connectivity index (χ3v) is 4.45. The standard InChI is InChI=1S/C15H21NO2/c1-18-12-6-8-16(9-7-12)14-10-11-4-2-3-5-13(11)15(14)17/h2-5,12,14-15,17H,6-10H2,1H3. The van der Waals surface area contributed by atoms with Crippen molar-refractivity contribution in [3.05, 3.63) is 35.4 Å². The van der Waals surface area contributed by atoms with Crippen molar-refractivity contribution in [1.29, 1.82) is 0 Å². The van der Waals surface area contributed by atoms with Gasteiger partial charge in [-0.3, -0.25) is 4.90 Å². The molecular weight excluding hydrogens is 226 g/mol. The number of ether oxygens (including phenoxy) is 1. The third kappa shape index (κ3) is 2.07. The molecule has 3 nitrogen and oxygen atoms in total. The van der Waals surface area contributed by atoms with Crippen LogP contribution in [-0.4, -0.2) is 42.4 Å². The molecule has 1 saturated heterocycles. The van der Waals surface area contributed by atoms with Gasteiger partial charge in [0.1, 0.15) is 0 Å². The van der Waals surface area contributed by atoms with Gasteiger partial charge in [-0.05, 0) is 30.4 Å². The van der Waals surface area contributed by atoms with Gasteiger partial charge in [0.25, 0.3) is 0 Å². The van der Waals surface area contributed by atoms with Crippen LogP contribution in [-0.2, 0) is 11.2 Å². The summed E-state index contributed by atoms with van der Waals surface area (Å²) in [4.78, 5) is 2.43. The molecule has 1 aromatic carbocycles. The minimum atomic E-state index is -0.319. The molecule has 98 valence electrons. The molecule has 1 heterocycles. The number of aliphatic hydroxyl groups excluding tert-OH is 1. The fourth-order valence-corrected chi connectivity index (χ4v) is 3.32. The van der Waals surface area contributed by atoms with Crippen LogP contribution >= 0.6 is 0 Å². The number of likely N-dealkylation sites (tertiary alicyclic amines) is 1. The zero-order chi connectivity index (χ0) is 12.5. The second-order valence-corrected chi connectivity index (χ2v) is 5.39. The Morgan fingerprint density at radius 1 is 1.22 bits per heavy atom. The van der Waals surface area contributed by atoms with Gasteiger partial charge >= 0.3 is 0 Å². The van der Waals surface area contributed by atoms with Crippen LogP contribution in [0.4, 0.5) is 0 Å². The Kier molecular flexibility index (Phi) is 3.37. The zero-order valence-electron chi connectivity index (χ0n) is 10.9. The van der Waals surface area contributed by atoms with Crippen molar-refractivity contribution in [2.75, 3.05) is 20.2 Å². The maximum absolute atomic E-state index is 10.4. The predicted octanol–water partition coefficient (Wildman–Crippen LogP) is 1.76. The second-order valence-electron chi connectivity index (χ2n) is 5.39. The van der Waals surface area contributed by atoms with Crippen LogP contribution in [0.1, 0.15) is 30.1 Å². The molecule has 2 unspecified atom stereocenters. The first-order valence-electron chi connectivity index (χ1n) is 6.82. The average Bonchev–Trinajstić information content (AvgIpc) is 2.77. The van der Waals surface area contributed by atoms with Gasteiger partial charge in [-0.2, -0.15) is 0 Å². The minimum absolute atomic E-state index is 0.264. The molecule has 3 rings (SSSR count). The van der Waals surface area contributed by atoms with E-state index in [1.165, 1.54) is 5.56 Å². The molecule has 1 aliphatic carbocycles. The largest absolute Gasteiger partial charge is 0.387 e. The molecule has 1 aromatic rings. The van der Waals surface area contributed by atoms with E-state index < -0.39 is 0 Å². The quantitative estimate of drug-likeness (QED) is 0.864. The molecule has 0 bridgehead atoms. The predicted molar refractivity (Wildman–Crippen MR) is 70.5 cm³/mol. The number of benzene rings is 1. The van der Waals surface area contributed by atoms with Crippen LogP contribution in [0.15, 0.2) is 24.3 Å². The van der Waals surface area contributed by atoms with E-state index in [4.69, 9.17) is 4.74 Å². The summed E-state index contributed by atoms with van der Waals surface area (Å²) in [6, 6.07) is 8.54. The molecule has 0 aromatic heterocycles. The number of methoxy groups -OCH3 is 1. The van der Waals surface area contributed by atoms with E-state index >= 15 is 0 Å². The maximum atomic E-state index is 10.4. The van der Waals surface area contributed by atoms with Crippen LogP contribution in [0.3, 0.4) is 0 Å². The average molecular weight is 247 g/mol. The van der Waals surface area contributed by atoms with Crippen molar-refractivity contribution >= 4 is 0 Å². The van der Waals surface area contributed by atoms with Crippen molar-refractivity contribution in [1.82, 2.24) is 4.90 Å². The second kappa shape index (κ2) is 5.00. The lowest BCUT2D eigenvalue weighted by Crippen LogP contribution is -2.45. The summed E-state index contributed by atoms with van der Waals surface area (Å²) in [7, 11) is 1.79. The third-order valence-electron chi connectivity index (χ3n) is 4.45. The van der Waals surface area contributed by atoms with Gasteiger partial charge in [-0.15, -0.1) is 0 Å². The normalized spacial score (nSPS) is 29.4. The van der Waals surface area contributed by atoms with E-state index in [0.29, 0.717) is 6.10 Å². The Morgan fingerprint density at radius 3 is 2.61 bits per heavy atom. The van der Waals surface area contributed by atoms with Crippen LogP contribution < -0.4 is 0 Å². The summed E-state index contributed by atoms with van der Waals surface area (Å²) in [5, 5.41) is 10.4. The molecule has 2 atom stereocenters. The molecule has 18 heavy (non-hydrogen) atoms. The molecule has 3 heteroatoms. The Bertz CT molecular complexity index is 413. The summed E-state index contributed by atoms with van der Waals surface area (Å²) in [6.45, 7) is 2.07. The lowest BCUT2D eigenvalue weighted by molar-refractivity contribution is -0.00169. The molecule has 1 aliphatic heterocycles. The maximum Gasteiger partial charge on any atom is 0.0951 e. The monoisotopic (exact) mass is 247 g/mol. The van der Waals surface area contributed by atoms with E-state index in [1.54, 1.807) is 7.11 Å². The van der Waals surface area contributed by atoms with Gasteiger partial charge in [0, 0.05) is 26.2 Å². The van der Waals surface area contributed by atoms with Crippen molar-refractivity contribution in [3.8, 4) is 0 Å². The first-order valence-corrected chi connectivity index (χ1v) is 6.82. The molecule has 0 spiro atoms. The lowest BCUT2D eigenvalue weighted by atomic mass is 10.0. The Balaban J connectivity index is 1.69. The highest BCUT2D eigenvalue weighted by molar-refractivity contribution is 5.35. The Hall–Kier alpha value is -0.900. The number of hydrogen-bond acceptors (Lipinski definition) is 3. The van der Waals surface area contributed by atoms with E-state index in [0.717, 1.165) is 37.9 Å². The fraction of sp³-hybridized carbons (Fsp3) is 0.600. The molecule has 1 fully saturated rings. The van der Waals surface area contributed by atoms with Gasteiger partial charge in [0.2, 0.25) is 0 Å². The van der Waals surface area contributed by atoms with Crippen LogP contribution in [0.25, 0.3) is 0 Å². The first-order chi connectivity index (χ1) is 8.79. The fourth-order valence-electron chi connectivity index (χ4n) is 3.32. The van der Waals surface area contributed by atoms with Gasteiger partial charge in [0.15, 0.2) is 0 Å². The number of nitrogens with zero attached hydrogens (tertiary/aromatic N) is 1. The van der Waals surface area contributed by atoms with Crippen LogP contribution in [0.2, 0.25) is 0 Å². The number of piperidine rings is 1. The topological polar surface area (TPSA) is 32.7 Å². The Morgan fingerprint density at radius 2 is 1.94 bits per heavy atom. The number of hydrogen-bond donors (Lipinski definition) is 1. The number of rotatable bonds is 2. The highest BCUT2D eigenvalue weighted by Crippen LogP contribution is 2.35. The smallest absolute Gasteiger partial charge is 0.0951 e. The summed E-state index contributed by atoms with van der Waals surface area (Å²) >= 11 is 0. The van der Waals surface area contributed by atoms with E-state index in [2.05, 4.69) is 23.1 Å². The lowest BCUT2D eigenvalue weighted by Gasteiger charge is -2.36. The van der Waals surface area contributed by atoms with Crippen molar-refractivity contribution in [3.63, 3.8) is 0 Å². The summed E-state index contributed by atoms with van der Waals surface area (Å²) < 4.78 is 5.40. The van der Waals surface area contributed by atoms with E-state index in [-0.39, 0.29) is 12.1 Å². The zero-order valence-corrected chi connectivity index (χ0v) is 10.9. The molecule has 2 aliphatic rings. The number of aliphatic hydroxyl groups is 1. The summed E-state index contributed by atoms with van der Waals surface area (Å²) in [5.74, 6) is 0. The number of fused-ring (bicyclic) bond motifs is 1. The molecule has 0 saturated carbocycles.